The maximum atomic E-state index is 11.8. The minimum Gasteiger partial charge on any atom is -0.465 e. The lowest BCUT2D eigenvalue weighted by Crippen LogP contribution is -2.30. The molecule has 92 valence electrons. The average Bonchev–Trinajstić information content (AvgIpc) is 2.29. The molecule has 0 aliphatic carbocycles. The third-order valence-corrected chi connectivity index (χ3v) is 2.76. The SMILES string of the molecule is C=CC(C)(Cc1ccnc(Cl)c1)C(=O)OCC. The molecule has 0 fully saturated rings. The van der Waals surface area contributed by atoms with E-state index in [0.29, 0.717) is 18.2 Å². The molecule has 0 bridgehead atoms. The topological polar surface area (TPSA) is 39.2 Å². The molecule has 1 atom stereocenters. The van der Waals surface area contributed by atoms with Gasteiger partial charge in [0, 0.05) is 6.20 Å². The average molecular weight is 254 g/mol. The van der Waals surface area contributed by atoms with E-state index in [1.165, 1.54) is 0 Å². The molecule has 1 aromatic heterocycles. The third kappa shape index (κ3) is 3.56. The quantitative estimate of drug-likeness (QED) is 0.460. The summed E-state index contributed by atoms with van der Waals surface area (Å²) in [4.78, 5) is 15.7. The molecule has 1 heterocycles. The van der Waals surface area contributed by atoms with Crippen LogP contribution in [-0.2, 0) is 16.0 Å². The summed E-state index contributed by atoms with van der Waals surface area (Å²) in [6, 6.07) is 3.56. The van der Waals surface area contributed by atoms with Gasteiger partial charge in [-0.3, -0.25) is 4.79 Å². The maximum absolute atomic E-state index is 11.8. The highest BCUT2D eigenvalue weighted by molar-refractivity contribution is 6.29. The Morgan fingerprint density at radius 1 is 1.71 bits per heavy atom. The highest BCUT2D eigenvalue weighted by Crippen LogP contribution is 2.26. The van der Waals surface area contributed by atoms with Crippen LogP contribution in [-0.4, -0.2) is 17.6 Å². The van der Waals surface area contributed by atoms with E-state index >= 15 is 0 Å². The van der Waals surface area contributed by atoms with Crippen LogP contribution in [0.5, 0.6) is 0 Å². The van der Waals surface area contributed by atoms with Crippen LogP contribution in [0.25, 0.3) is 0 Å². The van der Waals surface area contributed by atoms with Gasteiger partial charge in [0.25, 0.3) is 0 Å². The van der Waals surface area contributed by atoms with Gasteiger partial charge in [-0.1, -0.05) is 17.7 Å². The minimum absolute atomic E-state index is 0.275. The molecule has 0 saturated carbocycles. The zero-order valence-corrected chi connectivity index (χ0v) is 10.8. The van der Waals surface area contributed by atoms with Gasteiger partial charge in [0.2, 0.25) is 0 Å². The van der Waals surface area contributed by atoms with E-state index in [2.05, 4.69) is 11.6 Å². The van der Waals surface area contributed by atoms with E-state index in [0.717, 1.165) is 5.56 Å². The van der Waals surface area contributed by atoms with Crippen molar-refractivity contribution >= 4 is 17.6 Å². The first kappa shape index (κ1) is 13.7. The fourth-order valence-corrected chi connectivity index (χ4v) is 1.70. The molecule has 0 saturated heterocycles. The molecule has 0 aliphatic rings. The minimum atomic E-state index is -0.735. The summed E-state index contributed by atoms with van der Waals surface area (Å²) in [6.07, 6.45) is 3.73. The van der Waals surface area contributed by atoms with Gasteiger partial charge in [0.1, 0.15) is 5.15 Å². The summed E-state index contributed by atoms with van der Waals surface area (Å²) in [5, 5.41) is 0.415. The second kappa shape index (κ2) is 5.82. The van der Waals surface area contributed by atoms with E-state index in [4.69, 9.17) is 16.3 Å². The van der Waals surface area contributed by atoms with Crippen molar-refractivity contribution in [1.29, 1.82) is 0 Å². The Kier molecular flexibility index (Phi) is 4.70. The highest BCUT2D eigenvalue weighted by atomic mass is 35.5. The molecule has 0 radical (unpaired) electrons. The number of pyridine rings is 1. The Hall–Kier alpha value is -1.35. The molecule has 1 aromatic rings. The van der Waals surface area contributed by atoms with Crippen LogP contribution in [0.4, 0.5) is 0 Å². The molecule has 3 nitrogen and oxygen atoms in total. The summed E-state index contributed by atoms with van der Waals surface area (Å²) in [7, 11) is 0. The van der Waals surface area contributed by atoms with Crippen molar-refractivity contribution in [2.75, 3.05) is 6.61 Å². The van der Waals surface area contributed by atoms with Crippen LogP contribution in [0.15, 0.2) is 31.0 Å². The van der Waals surface area contributed by atoms with E-state index < -0.39 is 5.41 Å². The third-order valence-electron chi connectivity index (χ3n) is 2.55. The van der Waals surface area contributed by atoms with Gasteiger partial charge in [-0.25, -0.2) is 4.98 Å². The Morgan fingerprint density at radius 2 is 2.41 bits per heavy atom. The van der Waals surface area contributed by atoms with Crippen LogP contribution in [0.1, 0.15) is 19.4 Å². The Balaban J connectivity index is 2.89. The molecule has 1 unspecified atom stereocenters. The number of esters is 1. The number of ether oxygens (including phenoxy) is 1. The van der Waals surface area contributed by atoms with Crippen molar-refractivity contribution < 1.29 is 9.53 Å². The Morgan fingerprint density at radius 3 is 2.94 bits per heavy atom. The lowest BCUT2D eigenvalue weighted by molar-refractivity contribution is -0.151. The second-order valence-corrected chi connectivity index (χ2v) is 4.39. The van der Waals surface area contributed by atoms with Crippen LogP contribution in [0.3, 0.4) is 0 Å². The monoisotopic (exact) mass is 253 g/mol. The largest absolute Gasteiger partial charge is 0.465 e. The number of nitrogens with zero attached hydrogens (tertiary/aromatic N) is 1. The molecule has 17 heavy (non-hydrogen) atoms. The van der Waals surface area contributed by atoms with Gasteiger partial charge >= 0.3 is 5.97 Å². The fourth-order valence-electron chi connectivity index (χ4n) is 1.50. The standard InChI is InChI=1S/C13H16ClNO2/c1-4-13(3,12(16)17-5-2)9-10-6-7-15-11(14)8-10/h4,6-8H,1,5,9H2,2-3H3. The van der Waals surface area contributed by atoms with Crippen molar-refractivity contribution in [1.82, 2.24) is 4.98 Å². The van der Waals surface area contributed by atoms with Gasteiger partial charge in [-0.15, -0.1) is 6.58 Å². The van der Waals surface area contributed by atoms with Crippen molar-refractivity contribution in [2.24, 2.45) is 5.41 Å². The van der Waals surface area contributed by atoms with Crippen LogP contribution in [0.2, 0.25) is 5.15 Å². The summed E-state index contributed by atoms with van der Waals surface area (Å²) in [5.41, 5.74) is 0.196. The molecular formula is C13H16ClNO2. The number of carbonyl (C=O) groups is 1. The Bertz CT molecular complexity index is 420. The van der Waals surface area contributed by atoms with Crippen LogP contribution >= 0.6 is 11.6 Å². The van der Waals surface area contributed by atoms with Crippen molar-refractivity contribution in [2.45, 2.75) is 20.3 Å². The lowest BCUT2D eigenvalue weighted by atomic mass is 9.84. The molecule has 0 aromatic carbocycles. The number of hydrogen-bond acceptors (Lipinski definition) is 3. The molecule has 0 spiro atoms. The number of rotatable bonds is 5. The van der Waals surface area contributed by atoms with Gasteiger partial charge in [-0.05, 0) is 38.0 Å². The highest BCUT2D eigenvalue weighted by Gasteiger charge is 2.31. The molecule has 0 N–H and O–H groups in total. The number of halogens is 1. The van der Waals surface area contributed by atoms with Crippen LogP contribution in [0, 0.1) is 5.41 Å². The normalized spacial score (nSPS) is 13.8. The van der Waals surface area contributed by atoms with Gasteiger partial charge in [0.15, 0.2) is 0 Å². The van der Waals surface area contributed by atoms with Crippen LogP contribution < -0.4 is 0 Å². The molecular weight excluding hydrogens is 238 g/mol. The fraction of sp³-hybridized carbons (Fsp3) is 0.385. The predicted octanol–water partition coefficient (Wildman–Crippen LogP) is 3.03. The summed E-state index contributed by atoms with van der Waals surface area (Å²) in [5.74, 6) is -0.275. The smallest absolute Gasteiger partial charge is 0.315 e. The number of carbonyl (C=O) groups excluding carboxylic acids is 1. The first-order chi connectivity index (χ1) is 8.01. The molecule has 0 aliphatic heterocycles. The zero-order valence-electron chi connectivity index (χ0n) is 10.1. The summed E-state index contributed by atoms with van der Waals surface area (Å²) in [6.45, 7) is 7.65. The van der Waals surface area contributed by atoms with Crippen molar-refractivity contribution in [3.8, 4) is 0 Å². The molecule has 4 heteroatoms. The van der Waals surface area contributed by atoms with Gasteiger partial charge < -0.3 is 4.74 Å². The maximum Gasteiger partial charge on any atom is 0.315 e. The molecule has 0 amide bonds. The first-order valence-electron chi connectivity index (χ1n) is 5.43. The first-order valence-corrected chi connectivity index (χ1v) is 5.81. The summed E-state index contributed by atoms with van der Waals surface area (Å²) >= 11 is 5.80. The second-order valence-electron chi connectivity index (χ2n) is 4.01. The van der Waals surface area contributed by atoms with E-state index in [-0.39, 0.29) is 5.97 Å². The van der Waals surface area contributed by atoms with Crippen molar-refractivity contribution in [3.05, 3.63) is 41.7 Å². The Labute approximate surface area is 106 Å². The van der Waals surface area contributed by atoms with Gasteiger partial charge in [-0.2, -0.15) is 0 Å². The van der Waals surface area contributed by atoms with Gasteiger partial charge in [0.05, 0.1) is 12.0 Å². The van der Waals surface area contributed by atoms with Crippen molar-refractivity contribution in [3.63, 3.8) is 0 Å². The number of aromatic nitrogens is 1. The van der Waals surface area contributed by atoms with E-state index in [1.54, 1.807) is 32.2 Å². The van der Waals surface area contributed by atoms with E-state index in [1.807, 2.05) is 6.07 Å². The summed E-state index contributed by atoms with van der Waals surface area (Å²) < 4.78 is 5.04. The lowest BCUT2D eigenvalue weighted by Gasteiger charge is -2.23. The molecule has 1 rings (SSSR count). The zero-order chi connectivity index (χ0) is 12.9. The van der Waals surface area contributed by atoms with E-state index in [9.17, 15) is 4.79 Å². The number of hydrogen-bond donors (Lipinski definition) is 0. The predicted molar refractivity (Wildman–Crippen MR) is 67.9 cm³/mol.